The van der Waals surface area contributed by atoms with E-state index in [0.29, 0.717) is 51.3 Å². The molecule has 33 heavy (non-hydrogen) atoms. The number of sulfone groups is 1. The van der Waals surface area contributed by atoms with Crippen LogP contribution in [0.2, 0.25) is 0 Å². The van der Waals surface area contributed by atoms with Crippen LogP contribution in [0.5, 0.6) is 11.6 Å². The molecule has 0 N–H and O–H groups in total. The van der Waals surface area contributed by atoms with Gasteiger partial charge in [0.15, 0.2) is 0 Å². The van der Waals surface area contributed by atoms with Gasteiger partial charge in [-0.2, -0.15) is 4.98 Å². The lowest BCUT2D eigenvalue weighted by molar-refractivity contribution is -0.385. The fourth-order valence-electron chi connectivity index (χ4n) is 3.45. The molecule has 0 bridgehead atoms. The van der Waals surface area contributed by atoms with Crippen molar-refractivity contribution < 1.29 is 22.9 Å². The van der Waals surface area contributed by atoms with Crippen LogP contribution in [0.3, 0.4) is 0 Å². The van der Waals surface area contributed by atoms with Crippen LogP contribution in [-0.4, -0.2) is 78.7 Å². The molecule has 0 spiro atoms. The van der Waals surface area contributed by atoms with E-state index in [9.17, 15) is 23.3 Å². The van der Waals surface area contributed by atoms with Crippen LogP contribution in [0, 0.1) is 10.1 Å². The lowest BCUT2D eigenvalue weighted by Gasteiger charge is -2.34. The topological polar surface area (TPSA) is 136 Å². The first-order chi connectivity index (χ1) is 15.6. The number of anilines is 1. The van der Waals surface area contributed by atoms with Crippen LogP contribution in [0.25, 0.3) is 0 Å². The Hall–Kier alpha value is -3.12. The second kappa shape index (κ2) is 10.7. The van der Waals surface area contributed by atoms with E-state index in [-0.39, 0.29) is 28.9 Å². The maximum Gasteiger partial charge on any atom is 0.373 e. The van der Waals surface area contributed by atoms with E-state index in [1.54, 1.807) is 24.0 Å². The standard InChI is InChI=1S/C21H27N5O6S/c1-16(27)3-4-17-5-7-18(8-6-17)32-21-19(26(28)29)20(22-15-23-21)25-11-9-24(10-12-25)13-14-33(2,30)31/h5-8,15H,3-4,9-14H2,1-2H3. The number of carbonyl (C=O) groups is 1. The SMILES string of the molecule is CC(=O)CCc1ccc(Oc2ncnc(N3CCN(CCS(C)(=O)=O)CC3)c2[N+](=O)[O-])cc1. The largest absolute Gasteiger partial charge is 0.434 e. The summed E-state index contributed by atoms with van der Waals surface area (Å²) in [6.07, 6.45) is 3.50. The molecule has 178 valence electrons. The third kappa shape index (κ3) is 7.19. The minimum Gasteiger partial charge on any atom is -0.434 e. The first-order valence-electron chi connectivity index (χ1n) is 10.5. The third-order valence-electron chi connectivity index (χ3n) is 5.31. The van der Waals surface area contributed by atoms with E-state index in [0.717, 1.165) is 5.56 Å². The van der Waals surface area contributed by atoms with Crippen LogP contribution in [0.4, 0.5) is 11.5 Å². The van der Waals surface area contributed by atoms with Gasteiger partial charge in [0.1, 0.15) is 27.7 Å². The summed E-state index contributed by atoms with van der Waals surface area (Å²) in [5.74, 6) is 0.592. The summed E-state index contributed by atoms with van der Waals surface area (Å²) in [6.45, 7) is 4.02. The number of aryl methyl sites for hydroxylation is 1. The van der Waals surface area contributed by atoms with Crippen molar-refractivity contribution in [2.75, 3.05) is 49.6 Å². The molecular weight excluding hydrogens is 450 g/mol. The molecule has 1 aromatic heterocycles. The highest BCUT2D eigenvalue weighted by Gasteiger charge is 2.30. The molecule has 1 saturated heterocycles. The average molecular weight is 478 g/mol. The molecule has 1 aliphatic heterocycles. The molecule has 0 atom stereocenters. The molecule has 2 aromatic rings. The average Bonchev–Trinajstić information content (AvgIpc) is 2.77. The number of hydrogen-bond acceptors (Lipinski definition) is 10. The van der Waals surface area contributed by atoms with Gasteiger partial charge in [0, 0.05) is 45.4 Å². The Labute approximate surface area is 192 Å². The van der Waals surface area contributed by atoms with Crippen LogP contribution < -0.4 is 9.64 Å². The van der Waals surface area contributed by atoms with Gasteiger partial charge in [-0.1, -0.05) is 12.1 Å². The van der Waals surface area contributed by atoms with E-state index < -0.39 is 14.8 Å². The van der Waals surface area contributed by atoms with Crippen molar-refractivity contribution in [3.05, 3.63) is 46.3 Å². The Morgan fingerprint density at radius 3 is 2.39 bits per heavy atom. The Bertz CT molecular complexity index is 1100. The number of rotatable bonds is 10. The highest BCUT2D eigenvalue weighted by atomic mass is 32.2. The van der Waals surface area contributed by atoms with Gasteiger partial charge in [0.2, 0.25) is 5.82 Å². The van der Waals surface area contributed by atoms with Crippen molar-refractivity contribution in [3.8, 4) is 11.6 Å². The normalized spacial score (nSPS) is 14.8. The van der Waals surface area contributed by atoms with E-state index in [1.807, 2.05) is 17.0 Å². The zero-order valence-electron chi connectivity index (χ0n) is 18.6. The van der Waals surface area contributed by atoms with Crippen LogP contribution >= 0.6 is 0 Å². The van der Waals surface area contributed by atoms with Crippen molar-refractivity contribution in [3.63, 3.8) is 0 Å². The van der Waals surface area contributed by atoms with Gasteiger partial charge in [-0.3, -0.25) is 15.0 Å². The summed E-state index contributed by atoms with van der Waals surface area (Å²) in [6, 6.07) is 6.98. The smallest absolute Gasteiger partial charge is 0.373 e. The number of nitrogens with zero attached hydrogens (tertiary/aromatic N) is 5. The zero-order valence-corrected chi connectivity index (χ0v) is 19.5. The summed E-state index contributed by atoms with van der Waals surface area (Å²) in [4.78, 5) is 34.4. The maximum atomic E-state index is 11.9. The quantitative estimate of drug-likeness (QED) is 0.368. The van der Waals surface area contributed by atoms with Crippen molar-refractivity contribution in [1.82, 2.24) is 14.9 Å². The number of hydrogen-bond donors (Lipinski definition) is 0. The Kier molecular flexibility index (Phi) is 7.92. The molecular formula is C21H27N5O6S. The summed E-state index contributed by atoms with van der Waals surface area (Å²) in [7, 11) is -3.05. The van der Waals surface area contributed by atoms with Gasteiger partial charge in [-0.15, -0.1) is 0 Å². The van der Waals surface area contributed by atoms with Crippen LogP contribution in [0.1, 0.15) is 18.9 Å². The van der Waals surface area contributed by atoms with Crippen molar-refractivity contribution >= 4 is 27.1 Å². The van der Waals surface area contributed by atoms with Crippen molar-refractivity contribution in [1.29, 1.82) is 0 Å². The van der Waals surface area contributed by atoms with Gasteiger partial charge in [-0.05, 0) is 31.0 Å². The fraction of sp³-hybridized carbons (Fsp3) is 0.476. The van der Waals surface area contributed by atoms with E-state index in [4.69, 9.17) is 4.74 Å². The summed E-state index contributed by atoms with van der Waals surface area (Å²) < 4.78 is 28.5. The second-order valence-electron chi connectivity index (χ2n) is 8.01. The number of ether oxygens (including phenoxy) is 1. The van der Waals surface area contributed by atoms with E-state index >= 15 is 0 Å². The number of piperazine rings is 1. The Balaban J connectivity index is 1.71. The summed E-state index contributed by atoms with van der Waals surface area (Å²) in [5, 5.41) is 11.9. The number of aromatic nitrogens is 2. The van der Waals surface area contributed by atoms with Crippen LogP contribution in [0.15, 0.2) is 30.6 Å². The lowest BCUT2D eigenvalue weighted by Crippen LogP contribution is -2.48. The monoisotopic (exact) mass is 477 g/mol. The van der Waals surface area contributed by atoms with Gasteiger partial charge in [0.25, 0.3) is 0 Å². The number of Topliss-reactive ketones (excluding diaryl/α,β-unsaturated/α-hetero) is 1. The third-order valence-corrected chi connectivity index (χ3v) is 6.23. The summed E-state index contributed by atoms with van der Waals surface area (Å²) in [5.41, 5.74) is 0.645. The molecule has 11 nitrogen and oxygen atoms in total. The number of nitro groups is 1. The highest BCUT2D eigenvalue weighted by molar-refractivity contribution is 7.90. The highest BCUT2D eigenvalue weighted by Crippen LogP contribution is 2.36. The number of benzene rings is 1. The predicted octanol–water partition coefficient (Wildman–Crippen LogP) is 1.87. The second-order valence-corrected chi connectivity index (χ2v) is 10.3. The summed E-state index contributed by atoms with van der Waals surface area (Å²) >= 11 is 0. The van der Waals surface area contributed by atoms with Gasteiger partial charge in [-0.25, -0.2) is 13.4 Å². The minimum atomic E-state index is -3.05. The molecule has 0 unspecified atom stereocenters. The predicted molar refractivity (Wildman–Crippen MR) is 123 cm³/mol. The van der Waals surface area contributed by atoms with E-state index in [2.05, 4.69) is 9.97 Å². The van der Waals surface area contributed by atoms with Gasteiger partial charge in [0.05, 0.1) is 10.7 Å². The molecule has 0 saturated carbocycles. The molecule has 1 fully saturated rings. The molecule has 3 rings (SSSR count). The molecule has 2 heterocycles. The van der Waals surface area contributed by atoms with E-state index in [1.165, 1.54) is 12.6 Å². The number of ketones is 1. The first kappa shape index (κ1) is 24.5. The van der Waals surface area contributed by atoms with Crippen molar-refractivity contribution in [2.45, 2.75) is 19.8 Å². The van der Waals surface area contributed by atoms with Crippen LogP contribution in [-0.2, 0) is 21.1 Å². The van der Waals surface area contributed by atoms with Gasteiger partial charge < -0.3 is 14.4 Å². The molecule has 1 aliphatic rings. The minimum absolute atomic E-state index is 0.0756. The molecule has 0 amide bonds. The number of carbonyl (C=O) groups excluding carboxylic acids is 1. The lowest BCUT2D eigenvalue weighted by atomic mass is 10.1. The maximum absolute atomic E-state index is 11.9. The first-order valence-corrected chi connectivity index (χ1v) is 12.6. The van der Waals surface area contributed by atoms with Crippen molar-refractivity contribution in [2.24, 2.45) is 0 Å². The fourth-order valence-corrected chi connectivity index (χ4v) is 4.04. The zero-order chi connectivity index (χ0) is 24.0. The Morgan fingerprint density at radius 2 is 1.82 bits per heavy atom. The Morgan fingerprint density at radius 1 is 1.15 bits per heavy atom. The van der Waals surface area contributed by atoms with Gasteiger partial charge >= 0.3 is 11.6 Å². The molecule has 1 aromatic carbocycles. The molecule has 0 radical (unpaired) electrons. The molecule has 0 aliphatic carbocycles. The molecule has 12 heteroatoms.